The third-order valence-corrected chi connectivity index (χ3v) is 4.77. The number of rotatable bonds is 17. The van der Waals surface area contributed by atoms with Crippen molar-refractivity contribution in [2.75, 3.05) is 6.54 Å². The summed E-state index contributed by atoms with van der Waals surface area (Å²) in [6, 6.07) is 0. The molecule has 0 aliphatic heterocycles. The van der Waals surface area contributed by atoms with Crippen molar-refractivity contribution in [1.82, 2.24) is 4.90 Å². The van der Waals surface area contributed by atoms with E-state index in [1.54, 1.807) is 0 Å². The zero-order chi connectivity index (χ0) is 17.3. The normalized spacial score (nSPS) is 14.3. The van der Waals surface area contributed by atoms with Gasteiger partial charge in [-0.05, 0) is 19.3 Å². The molecule has 0 aliphatic carbocycles. The molecule has 0 aromatic carbocycles. The summed E-state index contributed by atoms with van der Waals surface area (Å²) in [6.45, 7) is 7.00. The molecule has 140 valence electrons. The molecule has 0 aliphatic rings. The fourth-order valence-corrected chi connectivity index (χ4v) is 3.10. The maximum atomic E-state index is 9.96. The minimum atomic E-state index is -0.502. The SMILES string of the molecule is CCCCCCCCCCCCCCN(C(O)CC)C(O)CC. The van der Waals surface area contributed by atoms with E-state index in [0.717, 1.165) is 13.0 Å². The number of aliphatic hydroxyl groups excluding tert-OH is 2. The molecule has 0 saturated carbocycles. The highest BCUT2D eigenvalue weighted by molar-refractivity contribution is 4.64. The molecule has 0 amide bonds. The molecule has 23 heavy (non-hydrogen) atoms. The molecule has 0 fully saturated rings. The maximum absolute atomic E-state index is 9.96. The van der Waals surface area contributed by atoms with Gasteiger partial charge in [-0.15, -0.1) is 0 Å². The van der Waals surface area contributed by atoms with Crippen LogP contribution in [0.25, 0.3) is 0 Å². The van der Waals surface area contributed by atoms with E-state index < -0.39 is 12.5 Å². The summed E-state index contributed by atoms with van der Waals surface area (Å²) in [5.41, 5.74) is 0. The minimum absolute atomic E-state index is 0.502. The lowest BCUT2D eigenvalue weighted by molar-refractivity contribution is -0.104. The molecule has 2 N–H and O–H groups in total. The highest BCUT2D eigenvalue weighted by Crippen LogP contribution is 2.14. The predicted octanol–water partition coefficient (Wildman–Crippen LogP) is 5.45. The van der Waals surface area contributed by atoms with Gasteiger partial charge in [0.05, 0.1) is 0 Å². The van der Waals surface area contributed by atoms with Crippen molar-refractivity contribution in [3.63, 3.8) is 0 Å². The van der Waals surface area contributed by atoms with Crippen LogP contribution in [0.15, 0.2) is 0 Å². The monoisotopic (exact) mass is 329 g/mol. The molecule has 0 saturated heterocycles. The van der Waals surface area contributed by atoms with Crippen LogP contribution in [0.2, 0.25) is 0 Å². The van der Waals surface area contributed by atoms with Crippen molar-refractivity contribution < 1.29 is 10.2 Å². The van der Waals surface area contributed by atoms with Crippen LogP contribution in [-0.2, 0) is 0 Å². The lowest BCUT2D eigenvalue weighted by Crippen LogP contribution is -2.43. The van der Waals surface area contributed by atoms with Crippen LogP contribution in [-0.4, -0.2) is 34.1 Å². The Morgan fingerprint density at radius 2 is 0.913 bits per heavy atom. The first-order chi connectivity index (χ1) is 11.2. The van der Waals surface area contributed by atoms with E-state index in [1.807, 2.05) is 18.7 Å². The topological polar surface area (TPSA) is 43.7 Å². The number of hydrogen-bond acceptors (Lipinski definition) is 3. The van der Waals surface area contributed by atoms with Crippen LogP contribution in [0, 0.1) is 0 Å². The molecular weight excluding hydrogens is 286 g/mol. The van der Waals surface area contributed by atoms with Gasteiger partial charge in [0.1, 0.15) is 12.5 Å². The van der Waals surface area contributed by atoms with Gasteiger partial charge in [-0.1, -0.05) is 91.4 Å². The Morgan fingerprint density at radius 3 is 1.26 bits per heavy atom. The molecule has 0 radical (unpaired) electrons. The first-order valence-corrected chi connectivity index (χ1v) is 10.3. The van der Waals surface area contributed by atoms with Crippen LogP contribution in [0.1, 0.15) is 111 Å². The molecule has 0 aromatic rings. The second-order valence-corrected chi connectivity index (χ2v) is 6.90. The Hall–Kier alpha value is -0.120. The number of unbranched alkanes of at least 4 members (excludes halogenated alkanes) is 11. The van der Waals surface area contributed by atoms with Crippen LogP contribution >= 0.6 is 0 Å². The summed E-state index contributed by atoms with van der Waals surface area (Å²) >= 11 is 0. The lowest BCUT2D eigenvalue weighted by atomic mass is 10.1. The van der Waals surface area contributed by atoms with Crippen LogP contribution in [0.3, 0.4) is 0 Å². The fourth-order valence-electron chi connectivity index (χ4n) is 3.10. The Balaban J connectivity index is 3.46. The molecule has 3 nitrogen and oxygen atoms in total. The Labute approximate surface area is 145 Å². The van der Waals surface area contributed by atoms with Gasteiger partial charge in [0.15, 0.2) is 0 Å². The van der Waals surface area contributed by atoms with E-state index in [1.165, 1.54) is 70.6 Å². The molecule has 0 bridgehead atoms. The number of aliphatic hydroxyl groups is 2. The third kappa shape index (κ3) is 12.9. The van der Waals surface area contributed by atoms with E-state index >= 15 is 0 Å². The number of nitrogens with zero attached hydrogens (tertiary/aromatic N) is 1. The van der Waals surface area contributed by atoms with Gasteiger partial charge < -0.3 is 10.2 Å². The van der Waals surface area contributed by atoms with Crippen molar-refractivity contribution in [3.05, 3.63) is 0 Å². The van der Waals surface area contributed by atoms with E-state index in [0.29, 0.717) is 12.8 Å². The van der Waals surface area contributed by atoms with Gasteiger partial charge in [0, 0.05) is 6.54 Å². The summed E-state index contributed by atoms with van der Waals surface area (Å²) < 4.78 is 0. The third-order valence-electron chi connectivity index (χ3n) is 4.77. The lowest BCUT2D eigenvalue weighted by Gasteiger charge is -2.31. The minimum Gasteiger partial charge on any atom is -0.378 e. The largest absolute Gasteiger partial charge is 0.378 e. The molecule has 0 heterocycles. The molecule has 2 atom stereocenters. The van der Waals surface area contributed by atoms with Crippen LogP contribution < -0.4 is 0 Å². The van der Waals surface area contributed by atoms with Gasteiger partial charge >= 0.3 is 0 Å². The van der Waals surface area contributed by atoms with Crippen LogP contribution in [0.5, 0.6) is 0 Å². The van der Waals surface area contributed by atoms with Crippen LogP contribution in [0.4, 0.5) is 0 Å². The zero-order valence-electron chi connectivity index (χ0n) is 16.1. The Kier molecular flexibility index (Phi) is 16.6. The fraction of sp³-hybridized carbons (Fsp3) is 1.00. The van der Waals surface area contributed by atoms with Gasteiger partial charge in [0.25, 0.3) is 0 Å². The summed E-state index contributed by atoms with van der Waals surface area (Å²) in [6.07, 6.45) is 16.4. The summed E-state index contributed by atoms with van der Waals surface area (Å²) in [7, 11) is 0. The van der Waals surface area contributed by atoms with Crippen molar-refractivity contribution >= 4 is 0 Å². The standard InChI is InChI=1S/C20H43NO2/c1-4-7-8-9-10-11-12-13-14-15-16-17-18-21(19(22)5-2)20(23)6-3/h19-20,22-23H,4-18H2,1-3H3. The maximum Gasteiger partial charge on any atom is 0.109 e. The van der Waals surface area contributed by atoms with E-state index in [2.05, 4.69) is 6.92 Å². The second-order valence-electron chi connectivity index (χ2n) is 6.90. The number of hydrogen-bond donors (Lipinski definition) is 2. The van der Waals surface area contributed by atoms with E-state index in [-0.39, 0.29) is 0 Å². The summed E-state index contributed by atoms with van der Waals surface area (Å²) in [5.74, 6) is 0. The molecule has 0 spiro atoms. The molecule has 0 rings (SSSR count). The smallest absolute Gasteiger partial charge is 0.109 e. The molecule has 3 heteroatoms. The zero-order valence-corrected chi connectivity index (χ0v) is 16.1. The van der Waals surface area contributed by atoms with Crippen molar-refractivity contribution in [2.24, 2.45) is 0 Å². The van der Waals surface area contributed by atoms with Gasteiger partial charge in [-0.25, -0.2) is 0 Å². The van der Waals surface area contributed by atoms with Gasteiger partial charge in [-0.3, -0.25) is 4.90 Å². The summed E-state index contributed by atoms with van der Waals surface area (Å²) in [4.78, 5) is 1.84. The Bertz CT molecular complexity index is 226. The first-order valence-electron chi connectivity index (χ1n) is 10.3. The Morgan fingerprint density at radius 1 is 0.565 bits per heavy atom. The summed E-state index contributed by atoms with van der Waals surface area (Å²) in [5, 5.41) is 19.9. The van der Waals surface area contributed by atoms with Gasteiger partial charge in [-0.2, -0.15) is 0 Å². The molecular formula is C20H43NO2. The van der Waals surface area contributed by atoms with Crippen molar-refractivity contribution in [1.29, 1.82) is 0 Å². The van der Waals surface area contributed by atoms with Gasteiger partial charge in [0.2, 0.25) is 0 Å². The van der Waals surface area contributed by atoms with Crippen molar-refractivity contribution in [3.8, 4) is 0 Å². The quantitative estimate of drug-likeness (QED) is 0.275. The average Bonchev–Trinajstić information content (AvgIpc) is 2.57. The first kappa shape index (κ1) is 22.9. The predicted molar refractivity (Wildman–Crippen MR) is 100 cm³/mol. The molecule has 0 aromatic heterocycles. The second kappa shape index (κ2) is 16.7. The highest BCUT2D eigenvalue weighted by Gasteiger charge is 2.19. The highest BCUT2D eigenvalue weighted by atomic mass is 16.3. The molecule has 2 unspecified atom stereocenters. The van der Waals surface area contributed by atoms with Crippen molar-refractivity contribution in [2.45, 2.75) is 123 Å². The van der Waals surface area contributed by atoms with E-state index in [4.69, 9.17) is 0 Å². The van der Waals surface area contributed by atoms with E-state index in [9.17, 15) is 10.2 Å². The average molecular weight is 330 g/mol.